The summed E-state index contributed by atoms with van der Waals surface area (Å²) in [6, 6.07) is 12.9. The van der Waals surface area contributed by atoms with Crippen LogP contribution in [0.1, 0.15) is 50.5 Å². The molecular formula is C31H35N3O6. The van der Waals surface area contributed by atoms with E-state index in [-0.39, 0.29) is 18.2 Å². The number of carbonyl (C=O) groups is 4. The molecule has 2 bridgehead atoms. The van der Waals surface area contributed by atoms with E-state index < -0.39 is 46.4 Å². The summed E-state index contributed by atoms with van der Waals surface area (Å²) < 4.78 is 11.8. The molecule has 5 rings (SSSR count). The number of ketones is 1. The number of anilines is 1. The molecule has 0 radical (unpaired) electrons. The number of hydrogen-bond acceptors (Lipinski definition) is 6. The van der Waals surface area contributed by atoms with E-state index in [9.17, 15) is 19.2 Å². The molecule has 3 heterocycles. The third-order valence-electron chi connectivity index (χ3n) is 7.88. The zero-order valence-electron chi connectivity index (χ0n) is 23.6. The zero-order valence-corrected chi connectivity index (χ0v) is 23.6. The Hall–Kier alpha value is -3.98. The molecule has 0 aliphatic carbocycles. The summed E-state index contributed by atoms with van der Waals surface area (Å²) in [6.07, 6.45) is 3.56. The summed E-state index contributed by atoms with van der Waals surface area (Å²) in [6.45, 7) is 9.05. The highest BCUT2D eigenvalue weighted by molar-refractivity contribution is 6.11. The van der Waals surface area contributed by atoms with Crippen LogP contribution in [0.2, 0.25) is 0 Å². The first-order valence-corrected chi connectivity index (χ1v) is 13.4. The minimum atomic E-state index is -1.35. The molecule has 2 saturated heterocycles. The van der Waals surface area contributed by atoms with Crippen molar-refractivity contribution in [1.29, 1.82) is 0 Å². The fraction of sp³-hybridized carbons (Fsp3) is 0.419. The summed E-state index contributed by atoms with van der Waals surface area (Å²) in [7, 11) is 1.59. The lowest BCUT2D eigenvalue weighted by atomic mass is 9.70. The molecule has 3 amide bonds. The maximum atomic E-state index is 14.3. The molecule has 0 saturated carbocycles. The summed E-state index contributed by atoms with van der Waals surface area (Å²) >= 11 is 0. The molecule has 2 fully saturated rings. The number of hydrogen-bond donors (Lipinski definition) is 2. The molecule has 2 N–H and O–H groups in total. The van der Waals surface area contributed by atoms with E-state index in [1.54, 1.807) is 50.5 Å². The fourth-order valence-corrected chi connectivity index (χ4v) is 6.17. The van der Waals surface area contributed by atoms with Crippen molar-refractivity contribution in [2.75, 3.05) is 12.0 Å². The van der Waals surface area contributed by atoms with Crippen LogP contribution in [0.25, 0.3) is 0 Å². The zero-order chi connectivity index (χ0) is 29.0. The number of fused-ring (bicyclic) bond motifs is 1. The number of rotatable bonds is 7. The van der Waals surface area contributed by atoms with E-state index in [1.165, 1.54) is 11.8 Å². The molecule has 5 atom stereocenters. The average molecular weight is 546 g/mol. The van der Waals surface area contributed by atoms with Crippen molar-refractivity contribution in [3.8, 4) is 5.75 Å². The Morgan fingerprint density at radius 1 is 1.05 bits per heavy atom. The van der Waals surface area contributed by atoms with Crippen LogP contribution in [-0.2, 0) is 25.7 Å². The largest absolute Gasteiger partial charge is 0.497 e. The summed E-state index contributed by atoms with van der Waals surface area (Å²) in [5, 5.41) is 5.97. The standard InChI is InChI=1S/C31H35N3O6/c1-18(35)20-8-7-9-21(16-20)34-25(27(37)33-29(2,3)4)31-15-14-30(5,40-31)23(24(31)28(34)38)26(36)32-17-19-10-12-22(39-6)13-11-19/h7-16,23-25H,17H2,1-6H3,(H,32,36)(H,33,37)/t23-,24-,25-,30+,31+/m0/s1. The van der Waals surface area contributed by atoms with Gasteiger partial charge in [0.15, 0.2) is 5.78 Å². The Kier molecular flexibility index (Phi) is 6.61. The van der Waals surface area contributed by atoms with Crippen LogP contribution in [0.4, 0.5) is 5.69 Å². The predicted molar refractivity (Wildman–Crippen MR) is 149 cm³/mol. The van der Waals surface area contributed by atoms with E-state index in [0.717, 1.165) is 5.56 Å². The van der Waals surface area contributed by atoms with Gasteiger partial charge in [-0.2, -0.15) is 0 Å². The number of amides is 3. The predicted octanol–water partition coefficient (Wildman–Crippen LogP) is 3.17. The van der Waals surface area contributed by atoms with Crippen molar-refractivity contribution in [2.24, 2.45) is 11.8 Å². The fourth-order valence-electron chi connectivity index (χ4n) is 6.17. The lowest BCUT2D eigenvalue weighted by molar-refractivity contribution is -0.134. The molecule has 9 heteroatoms. The maximum absolute atomic E-state index is 14.3. The molecule has 2 aromatic rings. The van der Waals surface area contributed by atoms with Crippen LogP contribution in [0.15, 0.2) is 60.7 Å². The van der Waals surface area contributed by atoms with E-state index in [2.05, 4.69) is 10.6 Å². The minimum Gasteiger partial charge on any atom is -0.497 e. The van der Waals surface area contributed by atoms with Crippen LogP contribution in [0, 0.1) is 11.8 Å². The molecule has 2 aromatic carbocycles. The van der Waals surface area contributed by atoms with Crippen molar-refractivity contribution in [3.05, 3.63) is 71.8 Å². The number of nitrogens with one attached hydrogen (secondary N) is 2. The van der Waals surface area contributed by atoms with Gasteiger partial charge in [0.2, 0.25) is 17.7 Å². The normalized spacial score (nSPS) is 28.4. The van der Waals surface area contributed by atoms with Crippen molar-refractivity contribution in [1.82, 2.24) is 10.6 Å². The van der Waals surface area contributed by atoms with Gasteiger partial charge in [0.05, 0.1) is 24.5 Å². The highest BCUT2D eigenvalue weighted by Gasteiger charge is 2.76. The number of nitrogens with zero attached hydrogens (tertiary/aromatic N) is 1. The van der Waals surface area contributed by atoms with Gasteiger partial charge in [-0.05, 0) is 64.4 Å². The third kappa shape index (κ3) is 4.48. The molecule has 0 aromatic heterocycles. The van der Waals surface area contributed by atoms with E-state index in [0.29, 0.717) is 17.0 Å². The molecular weight excluding hydrogens is 510 g/mol. The Labute approximate surface area is 233 Å². The molecule has 210 valence electrons. The highest BCUT2D eigenvalue weighted by Crippen LogP contribution is 2.60. The molecule has 1 spiro atoms. The van der Waals surface area contributed by atoms with Crippen molar-refractivity contribution in [3.63, 3.8) is 0 Å². The van der Waals surface area contributed by atoms with Gasteiger partial charge in [0, 0.05) is 23.3 Å². The second kappa shape index (κ2) is 9.59. The van der Waals surface area contributed by atoms with Gasteiger partial charge in [-0.25, -0.2) is 0 Å². The van der Waals surface area contributed by atoms with Gasteiger partial charge < -0.3 is 20.1 Å². The number of carbonyl (C=O) groups excluding carboxylic acids is 4. The number of Topliss-reactive ketones (excluding diaryl/α,β-unsaturated/α-hetero) is 1. The van der Waals surface area contributed by atoms with Crippen molar-refractivity contribution in [2.45, 2.75) is 63.9 Å². The number of methoxy groups -OCH3 is 1. The molecule has 40 heavy (non-hydrogen) atoms. The van der Waals surface area contributed by atoms with Crippen molar-refractivity contribution < 1.29 is 28.7 Å². The highest BCUT2D eigenvalue weighted by atomic mass is 16.5. The minimum absolute atomic E-state index is 0.164. The van der Waals surface area contributed by atoms with E-state index in [4.69, 9.17) is 9.47 Å². The monoisotopic (exact) mass is 545 g/mol. The van der Waals surface area contributed by atoms with E-state index in [1.807, 2.05) is 45.0 Å². The number of benzene rings is 2. The van der Waals surface area contributed by atoms with Crippen LogP contribution in [-0.4, -0.2) is 53.4 Å². The van der Waals surface area contributed by atoms with Crippen LogP contribution in [0.5, 0.6) is 5.75 Å². The third-order valence-corrected chi connectivity index (χ3v) is 7.88. The summed E-state index contributed by atoms with van der Waals surface area (Å²) in [4.78, 5) is 55.5. The first kappa shape index (κ1) is 27.6. The van der Waals surface area contributed by atoms with Gasteiger partial charge in [-0.3, -0.25) is 24.1 Å². The molecule has 9 nitrogen and oxygen atoms in total. The quantitative estimate of drug-likeness (QED) is 0.408. The van der Waals surface area contributed by atoms with Crippen LogP contribution in [0.3, 0.4) is 0 Å². The van der Waals surface area contributed by atoms with Crippen molar-refractivity contribution >= 4 is 29.2 Å². The smallest absolute Gasteiger partial charge is 0.246 e. The second-order valence-corrected chi connectivity index (χ2v) is 12.0. The Morgan fingerprint density at radius 2 is 1.75 bits per heavy atom. The Bertz CT molecular complexity index is 1410. The SMILES string of the molecule is COc1ccc(CNC(=O)[C@@H]2[C@H]3C(=O)N(c4cccc(C(C)=O)c4)[C@@H](C(=O)NC(C)(C)C)[C@@]34C=C[C@@]2(C)O4)cc1. The van der Waals surface area contributed by atoms with Gasteiger partial charge in [0.1, 0.15) is 17.4 Å². The topological polar surface area (TPSA) is 114 Å². The summed E-state index contributed by atoms with van der Waals surface area (Å²) in [5.74, 6) is -2.39. The Balaban J connectivity index is 1.52. The maximum Gasteiger partial charge on any atom is 0.246 e. The van der Waals surface area contributed by atoms with Gasteiger partial charge in [-0.1, -0.05) is 36.4 Å². The van der Waals surface area contributed by atoms with Gasteiger partial charge >= 0.3 is 0 Å². The van der Waals surface area contributed by atoms with E-state index >= 15 is 0 Å². The molecule has 3 aliphatic rings. The first-order valence-electron chi connectivity index (χ1n) is 13.4. The first-order chi connectivity index (χ1) is 18.8. The number of ether oxygens (including phenoxy) is 2. The van der Waals surface area contributed by atoms with Crippen LogP contribution < -0.4 is 20.3 Å². The average Bonchev–Trinajstić information content (AvgIpc) is 3.47. The Morgan fingerprint density at radius 3 is 2.38 bits per heavy atom. The lowest BCUT2D eigenvalue weighted by Crippen LogP contribution is -2.58. The van der Waals surface area contributed by atoms with Gasteiger partial charge in [-0.15, -0.1) is 0 Å². The second-order valence-electron chi connectivity index (χ2n) is 12.0. The lowest BCUT2D eigenvalue weighted by Gasteiger charge is -2.35. The summed E-state index contributed by atoms with van der Waals surface area (Å²) in [5.41, 5.74) is -1.32. The molecule has 3 aliphatic heterocycles. The van der Waals surface area contributed by atoms with Crippen LogP contribution >= 0.6 is 0 Å². The molecule has 0 unspecified atom stereocenters. The van der Waals surface area contributed by atoms with Gasteiger partial charge in [0.25, 0.3) is 0 Å².